The first-order chi connectivity index (χ1) is 6.38. The van der Waals surface area contributed by atoms with Crippen molar-refractivity contribution in [2.45, 2.75) is 31.7 Å². The van der Waals surface area contributed by atoms with Crippen LogP contribution in [0.3, 0.4) is 0 Å². The van der Waals surface area contributed by atoms with E-state index in [-0.39, 0.29) is 0 Å². The molecule has 3 atom stereocenters. The normalized spacial score (nSPS) is 53.8. The third-order valence-electron chi connectivity index (χ3n) is 4.66. The summed E-state index contributed by atoms with van der Waals surface area (Å²) in [5, 5.41) is 0. The average molecular weight is 180 g/mol. The van der Waals surface area contributed by atoms with Crippen LogP contribution >= 0.6 is 0 Å². The number of nitrogens with zero attached hydrogens (tertiary/aromatic N) is 1. The van der Waals surface area contributed by atoms with E-state index in [0.717, 1.165) is 30.3 Å². The Bertz CT molecular complexity index is 176. The fraction of sp³-hybridized carbons (Fsp3) is 1.00. The minimum absolute atomic E-state index is 0.844. The second kappa shape index (κ2) is 2.96. The van der Waals surface area contributed by atoms with Gasteiger partial charge in [0.15, 0.2) is 0 Å². The second-order valence-electron chi connectivity index (χ2n) is 5.18. The summed E-state index contributed by atoms with van der Waals surface area (Å²) in [5.41, 5.74) is 5.78. The monoisotopic (exact) mass is 180 g/mol. The van der Waals surface area contributed by atoms with Crippen LogP contribution in [0.15, 0.2) is 0 Å². The SMILES string of the molecule is NCC1CC2C3CCN(CC3)C2C1. The Hall–Kier alpha value is -0.0800. The second-order valence-corrected chi connectivity index (χ2v) is 5.18. The smallest absolute Gasteiger partial charge is 0.0129 e. The van der Waals surface area contributed by atoms with Crippen LogP contribution in [0.2, 0.25) is 0 Å². The van der Waals surface area contributed by atoms with Crippen molar-refractivity contribution in [2.24, 2.45) is 23.5 Å². The zero-order valence-electron chi connectivity index (χ0n) is 8.28. The van der Waals surface area contributed by atoms with Crippen LogP contribution < -0.4 is 5.73 Å². The van der Waals surface area contributed by atoms with Gasteiger partial charge >= 0.3 is 0 Å². The van der Waals surface area contributed by atoms with Gasteiger partial charge < -0.3 is 10.6 Å². The molecule has 0 amide bonds. The zero-order chi connectivity index (χ0) is 8.84. The Labute approximate surface area is 80.5 Å². The Balaban J connectivity index is 1.79. The Kier molecular flexibility index (Phi) is 1.88. The summed E-state index contributed by atoms with van der Waals surface area (Å²) < 4.78 is 0. The lowest BCUT2D eigenvalue weighted by molar-refractivity contribution is 0.00792. The first-order valence-electron chi connectivity index (χ1n) is 5.82. The highest BCUT2D eigenvalue weighted by atomic mass is 15.2. The van der Waals surface area contributed by atoms with E-state index in [1.807, 2.05) is 0 Å². The molecule has 1 saturated carbocycles. The summed E-state index contributed by atoms with van der Waals surface area (Å²) >= 11 is 0. The fourth-order valence-electron chi connectivity index (χ4n) is 3.95. The van der Waals surface area contributed by atoms with E-state index in [0.29, 0.717) is 0 Å². The maximum absolute atomic E-state index is 5.78. The molecule has 3 heterocycles. The molecule has 2 heteroatoms. The summed E-state index contributed by atoms with van der Waals surface area (Å²) in [6.07, 6.45) is 5.77. The molecule has 3 saturated heterocycles. The van der Waals surface area contributed by atoms with E-state index in [1.54, 1.807) is 0 Å². The van der Waals surface area contributed by atoms with Crippen LogP contribution in [0.5, 0.6) is 0 Å². The fourth-order valence-corrected chi connectivity index (χ4v) is 3.95. The molecule has 3 unspecified atom stereocenters. The average Bonchev–Trinajstić information content (AvgIpc) is 2.64. The maximum Gasteiger partial charge on any atom is 0.0129 e. The molecule has 1 aliphatic carbocycles. The molecule has 4 fully saturated rings. The van der Waals surface area contributed by atoms with Crippen LogP contribution in [0, 0.1) is 17.8 Å². The molecule has 74 valence electrons. The summed E-state index contributed by atoms with van der Waals surface area (Å²) in [7, 11) is 0. The van der Waals surface area contributed by atoms with Gasteiger partial charge in [0.25, 0.3) is 0 Å². The van der Waals surface area contributed by atoms with E-state index in [4.69, 9.17) is 5.73 Å². The summed E-state index contributed by atoms with van der Waals surface area (Å²) in [4.78, 5) is 2.74. The molecule has 3 aliphatic heterocycles. The highest BCUT2D eigenvalue weighted by molar-refractivity contribution is 5.00. The Morgan fingerprint density at radius 1 is 1.15 bits per heavy atom. The number of fused-ring (bicyclic) bond motifs is 2. The molecular weight excluding hydrogens is 160 g/mol. The molecule has 2 nitrogen and oxygen atoms in total. The molecule has 0 aromatic rings. The molecular formula is C11H20N2. The van der Waals surface area contributed by atoms with Crippen molar-refractivity contribution in [3.63, 3.8) is 0 Å². The molecule has 0 radical (unpaired) electrons. The standard InChI is InChI=1S/C11H20N2/c12-7-8-5-10-9-1-3-13(4-2-9)11(10)6-8/h8-11H,1-7,12H2. The lowest BCUT2D eigenvalue weighted by atomic mass is 9.75. The van der Waals surface area contributed by atoms with E-state index in [9.17, 15) is 0 Å². The van der Waals surface area contributed by atoms with Crippen molar-refractivity contribution >= 4 is 0 Å². The van der Waals surface area contributed by atoms with Crippen LogP contribution in [-0.4, -0.2) is 30.6 Å². The van der Waals surface area contributed by atoms with Crippen molar-refractivity contribution in [2.75, 3.05) is 19.6 Å². The molecule has 2 bridgehead atoms. The quantitative estimate of drug-likeness (QED) is 0.654. The summed E-state index contributed by atoms with van der Waals surface area (Å²) in [6, 6.07) is 0.932. The molecule has 13 heavy (non-hydrogen) atoms. The summed E-state index contributed by atoms with van der Waals surface area (Å²) in [6.45, 7) is 3.68. The third kappa shape index (κ3) is 1.15. The van der Waals surface area contributed by atoms with Gasteiger partial charge in [0.2, 0.25) is 0 Å². The largest absolute Gasteiger partial charge is 0.330 e. The van der Waals surface area contributed by atoms with Gasteiger partial charge in [-0.1, -0.05) is 0 Å². The van der Waals surface area contributed by atoms with Crippen molar-refractivity contribution in [1.29, 1.82) is 0 Å². The number of piperidine rings is 3. The first-order valence-corrected chi connectivity index (χ1v) is 5.82. The highest BCUT2D eigenvalue weighted by Gasteiger charge is 2.46. The van der Waals surface area contributed by atoms with Gasteiger partial charge in [-0.25, -0.2) is 0 Å². The van der Waals surface area contributed by atoms with Crippen molar-refractivity contribution < 1.29 is 0 Å². The molecule has 0 spiro atoms. The maximum atomic E-state index is 5.78. The first kappa shape index (κ1) is 8.25. The van der Waals surface area contributed by atoms with Crippen molar-refractivity contribution in [3.05, 3.63) is 0 Å². The van der Waals surface area contributed by atoms with Gasteiger partial charge in [-0.2, -0.15) is 0 Å². The number of nitrogens with two attached hydrogens (primary N) is 1. The van der Waals surface area contributed by atoms with E-state index in [1.165, 1.54) is 38.8 Å². The number of hydrogen-bond donors (Lipinski definition) is 1. The molecule has 0 aromatic heterocycles. The molecule has 4 aliphatic rings. The van der Waals surface area contributed by atoms with E-state index >= 15 is 0 Å². The lowest BCUT2D eigenvalue weighted by Crippen LogP contribution is -2.52. The number of hydrogen-bond acceptors (Lipinski definition) is 2. The topological polar surface area (TPSA) is 29.3 Å². The molecule has 2 N–H and O–H groups in total. The minimum atomic E-state index is 0.844. The van der Waals surface area contributed by atoms with Crippen molar-refractivity contribution in [1.82, 2.24) is 4.90 Å². The predicted octanol–water partition coefficient (Wildman–Crippen LogP) is 1.07. The van der Waals surface area contributed by atoms with Crippen LogP contribution in [0.1, 0.15) is 25.7 Å². The van der Waals surface area contributed by atoms with Crippen molar-refractivity contribution in [3.8, 4) is 0 Å². The van der Waals surface area contributed by atoms with Crippen LogP contribution in [-0.2, 0) is 0 Å². The highest BCUT2D eigenvalue weighted by Crippen LogP contribution is 2.47. The predicted molar refractivity (Wildman–Crippen MR) is 53.4 cm³/mol. The molecule has 0 aromatic carbocycles. The zero-order valence-corrected chi connectivity index (χ0v) is 8.28. The Morgan fingerprint density at radius 3 is 2.54 bits per heavy atom. The minimum Gasteiger partial charge on any atom is -0.330 e. The van der Waals surface area contributed by atoms with Gasteiger partial charge in [0, 0.05) is 6.04 Å². The Morgan fingerprint density at radius 2 is 1.92 bits per heavy atom. The summed E-state index contributed by atoms with van der Waals surface area (Å²) in [5.74, 6) is 2.93. The van der Waals surface area contributed by atoms with Gasteiger partial charge in [-0.3, -0.25) is 0 Å². The van der Waals surface area contributed by atoms with Gasteiger partial charge in [-0.05, 0) is 63.1 Å². The van der Waals surface area contributed by atoms with E-state index < -0.39 is 0 Å². The van der Waals surface area contributed by atoms with Gasteiger partial charge in [-0.15, -0.1) is 0 Å². The van der Waals surface area contributed by atoms with Crippen LogP contribution in [0.25, 0.3) is 0 Å². The van der Waals surface area contributed by atoms with Gasteiger partial charge in [0.05, 0.1) is 0 Å². The van der Waals surface area contributed by atoms with E-state index in [2.05, 4.69) is 4.90 Å². The lowest BCUT2D eigenvalue weighted by Gasteiger charge is -2.48. The van der Waals surface area contributed by atoms with Crippen LogP contribution in [0.4, 0.5) is 0 Å². The molecule has 4 rings (SSSR count). The van der Waals surface area contributed by atoms with Gasteiger partial charge in [0.1, 0.15) is 0 Å². The third-order valence-corrected chi connectivity index (χ3v) is 4.66. The number of rotatable bonds is 1.